The van der Waals surface area contributed by atoms with E-state index in [0.29, 0.717) is 41.9 Å². The molecule has 4 saturated carbocycles. The summed E-state index contributed by atoms with van der Waals surface area (Å²) in [6.45, 7) is 10.2. The smallest absolute Gasteiger partial charge is 0.305 e. The molecule has 0 heterocycles. The topological polar surface area (TPSA) is 78.9 Å². The van der Waals surface area contributed by atoms with Crippen molar-refractivity contribution in [3.05, 3.63) is 0 Å². The van der Waals surface area contributed by atoms with Gasteiger partial charge in [-0.25, -0.2) is 0 Å². The maximum Gasteiger partial charge on any atom is 0.305 e. The second kappa shape index (κ2) is 10.0. The first-order chi connectivity index (χ1) is 16.5. The van der Waals surface area contributed by atoms with Gasteiger partial charge in [0.2, 0.25) is 0 Å². The van der Waals surface area contributed by atoms with Crippen LogP contribution in [0.1, 0.15) is 98.8 Å². The minimum atomic E-state index is -0.183. The molecule has 0 saturated heterocycles. The molecule has 0 aromatic heterocycles. The summed E-state index contributed by atoms with van der Waals surface area (Å²) < 4.78 is 16.7. The Balaban J connectivity index is 1.58. The molecule has 0 unspecified atom stereocenters. The van der Waals surface area contributed by atoms with Gasteiger partial charge >= 0.3 is 17.9 Å². The van der Waals surface area contributed by atoms with Gasteiger partial charge in [0.25, 0.3) is 0 Å². The van der Waals surface area contributed by atoms with E-state index in [1.54, 1.807) is 6.92 Å². The third-order valence-electron chi connectivity index (χ3n) is 11.1. The number of rotatable bonds is 6. The summed E-state index contributed by atoms with van der Waals surface area (Å²) in [5, 5.41) is 0. The number of carbonyl (C=O) groups excluding carboxylic acids is 3. The van der Waals surface area contributed by atoms with Gasteiger partial charge in [0.1, 0.15) is 12.2 Å². The molecule has 4 fully saturated rings. The highest BCUT2D eigenvalue weighted by Gasteiger charge is 2.65. The van der Waals surface area contributed by atoms with E-state index in [9.17, 15) is 14.4 Å². The normalized spacial score (nSPS) is 43.2. The summed E-state index contributed by atoms with van der Waals surface area (Å²) >= 11 is 0. The Morgan fingerprint density at radius 3 is 2.29 bits per heavy atom. The predicted molar refractivity (Wildman–Crippen MR) is 132 cm³/mol. The van der Waals surface area contributed by atoms with Crippen LogP contribution in [0.15, 0.2) is 0 Å². The van der Waals surface area contributed by atoms with Gasteiger partial charge in [-0.05, 0) is 98.7 Å². The van der Waals surface area contributed by atoms with Gasteiger partial charge in [0.15, 0.2) is 0 Å². The molecular weight excluding hydrogens is 444 g/mol. The third kappa shape index (κ3) is 4.75. The van der Waals surface area contributed by atoms with Gasteiger partial charge in [-0.3, -0.25) is 14.4 Å². The zero-order valence-electron chi connectivity index (χ0n) is 22.6. The van der Waals surface area contributed by atoms with Crippen LogP contribution in [0.3, 0.4) is 0 Å². The number of esters is 3. The van der Waals surface area contributed by atoms with Crippen LogP contribution in [-0.4, -0.2) is 37.2 Å². The lowest BCUT2D eigenvalue weighted by atomic mass is 9.43. The Hall–Kier alpha value is -1.59. The lowest BCUT2D eigenvalue weighted by Gasteiger charge is -2.62. The van der Waals surface area contributed by atoms with Gasteiger partial charge in [-0.2, -0.15) is 0 Å². The second-order valence-electron chi connectivity index (χ2n) is 12.6. The van der Waals surface area contributed by atoms with E-state index in [-0.39, 0.29) is 40.9 Å². The van der Waals surface area contributed by atoms with Crippen molar-refractivity contribution in [1.29, 1.82) is 0 Å². The molecule has 0 N–H and O–H groups in total. The monoisotopic (exact) mass is 490 g/mol. The van der Waals surface area contributed by atoms with E-state index >= 15 is 0 Å². The van der Waals surface area contributed by atoms with E-state index in [4.69, 9.17) is 14.2 Å². The summed E-state index contributed by atoms with van der Waals surface area (Å²) in [5.41, 5.74) is 0.147. The minimum absolute atomic E-state index is 0.0479. The van der Waals surface area contributed by atoms with Crippen molar-refractivity contribution in [2.24, 2.45) is 46.3 Å². The zero-order valence-corrected chi connectivity index (χ0v) is 22.6. The highest BCUT2D eigenvalue weighted by Crippen LogP contribution is 2.69. The van der Waals surface area contributed by atoms with Crippen LogP contribution >= 0.6 is 0 Å². The quantitative estimate of drug-likeness (QED) is 0.351. The Bertz CT molecular complexity index is 824. The molecule has 0 bridgehead atoms. The summed E-state index contributed by atoms with van der Waals surface area (Å²) in [7, 11) is 1.45. The van der Waals surface area contributed by atoms with Crippen molar-refractivity contribution in [3.63, 3.8) is 0 Å². The fraction of sp³-hybridized carbons (Fsp3) is 0.897. The molecule has 35 heavy (non-hydrogen) atoms. The predicted octanol–water partition coefficient (Wildman–Crippen LogP) is 5.71. The fourth-order valence-corrected chi connectivity index (χ4v) is 9.48. The number of hydrogen-bond acceptors (Lipinski definition) is 6. The van der Waals surface area contributed by atoms with Crippen molar-refractivity contribution in [2.75, 3.05) is 7.11 Å². The molecule has 0 spiro atoms. The van der Waals surface area contributed by atoms with Crippen molar-refractivity contribution < 1.29 is 28.6 Å². The average molecular weight is 491 g/mol. The Morgan fingerprint density at radius 2 is 1.63 bits per heavy atom. The lowest BCUT2D eigenvalue weighted by molar-refractivity contribution is -0.197. The van der Waals surface area contributed by atoms with Gasteiger partial charge in [-0.1, -0.05) is 20.8 Å². The summed E-state index contributed by atoms with van der Waals surface area (Å²) in [6.07, 6.45) is 9.87. The Labute approximate surface area is 211 Å². The van der Waals surface area contributed by atoms with Crippen molar-refractivity contribution in [2.45, 2.75) is 111 Å². The van der Waals surface area contributed by atoms with Crippen LogP contribution < -0.4 is 0 Å². The molecule has 0 aliphatic heterocycles. The number of fused-ring (bicyclic) bond motifs is 5. The second-order valence-corrected chi connectivity index (χ2v) is 12.6. The van der Waals surface area contributed by atoms with E-state index in [1.807, 2.05) is 0 Å². The van der Waals surface area contributed by atoms with Gasteiger partial charge in [-0.15, -0.1) is 0 Å². The molecule has 4 aliphatic carbocycles. The van der Waals surface area contributed by atoms with Crippen molar-refractivity contribution in [1.82, 2.24) is 0 Å². The first-order valence-corrected chi connectivity index (χ1v) is 13.9. The molecule has 10 atom stereocenters. The van der Waals surface area contributed by atoms with Crippen LogP contribution in [0.4, 0.5) is 0 Å². The standard InChI is InChI=1S/C29H46O6/c1-17(7-12-27(32)33-6)23-10-11-24-22-9-8-20-15-21(34-18(2)30)13-14-28(20,4)25(22)16-26(29(23,24)5)35-19(3)31/h17,20-26H,7-16H2,1-6H3/t17-,20-,21-,22+,23-,24+,25+,26+,28+,29-/m1/s1. The molecule has 4 aliphatic rings. The van der Waals surface area contributed by atoms with Crippen LogP contribution in [0.5, 0.6) is 0 Å². The first-order valence-electron chi connectivity index (χ1n) is 13.9. The fourth-order valence-electron chi connectivity index (χ4n) is 9.48. The molecule has 0 aromatic rings. The van der Waals surface area contributed by atoms with Gasteiger partial charge in [0, 0.05) is 25.7 Å². The molecule has 0 radical (unpaired) electrons. The summed E-state index contributed by atoms with van der Waals surface area (Å²) in [4.78, 5) is 35.7. The van der Waals surface area contributed by atoms with E-state index in [2.05, 4.69) is 20.8 Å². The van der Waals surface area contributed by atoms with E-state index in [0.717, 1.165) is 38.5 Å². The first kappa shape index (κ1) is 26.5. The largest absolute Gasteiger partial charge is 0.469 e. The number of hydrogen-bond donors (Lipinski definition) is 0. The third-order valence-corrected chi connectivity index (χ3v) is 11.1. The van der Waals surface area contributed by atoms with Crippen molar-refractivity contribution in [3.8, 4) is 0 Å². The molecule has 4 rings (SSSR count). The average Bonchev–Trinajstić information content (AvgIpc) is 3.16. The molecule has 6 heteroatoms. The maximum absolute atomic E-state index is 12.3. The highest BCUT2D eigenvalue weighted by atomic mass is 16.5. The number of carbonyl (C=O) groups is 3. The maximum atomic E-state index is 12.3. The van der Waals surface area contributed by atoms with E-state index in [1.165, 1.54) is 33.3 Å². The highest BCUT2D eigenvalue weighted by molar-refractivity contribution is 5.69. The van der Waals surface area contributed by atoms with Crippen LogP contribution in [-0.2, 0) is 28.6 Å². The lowest BCUT2D eigenvalue weighted by Crippen LogP contribution is -2.59. The van der Waals surface area contributed by atoms with Crippen LogP contribution in [0.2, 0.25) is 0 Å². The molecule has 0 aromatic carbocycles. The minimum Gasteiger partial charge on any atom is -0.469 e. The molecule has 6 nitrogen and oxygen atoms in total. The summed E-state index contributed by atoms with van der Waals surface area (Å²) in [5.74, 6) is 2.60. The Kier molecular flexibility index (Phi) is 7.60. The van der Waals surface area contributed by atoms with Crippen molar-refractivity contribution >= 4 is 17.9 Å². The number of ether oxygens (including phenoxy) is 3. The molecule has 0 amide bonds. The van der Waals surface area contributed by atoms with Crippen LogP contribution in [0.25, 0.3) is 0 Å². The zero-order chi connectivity index (χ0) is 25.5. The Morgan fingerprint density at radius 1 is 0.914 bits per heavy atom. The van der Waals surface area contributed by atoms with Gasteiger partial charge in [0.05, 0.1) is 7.11 Å². The van der Waals surface area contributed by atoms with E-state index < -0.39 is 0 Å². The molecular formula is C29H46O6. The SMILES string of the molecule is COC(=O)CC[C@@H](C)[C@H]1CC[C@H]2[C@@H]3CC[C@@H]4C[C@H](OC(C)=O)CC[C@]4(C)[C@H]3C[C@H](OC(C)=O)[C@]12C. The van der Waals surface area contributed by atoms with Gasteiger partial charge < -0.3 is 14.2 Å². The number of methoxy groups -OCH3 is 1. The molecule has 198 valence electrons. The van der Waals surface area contributed by atoms with Crippen LogP contribution in [0, 0.1) is 46.3 Å². The summed E-state index contributed by atoms with van der Waals surface area (Å²) in [6, 6.07) is 0.